The van der Waals surface area contributed by atoms with E-state index in [0.717, 1.165) is 5.56 Å². The monoisotopic (exact) mass is 516 g/mol. The summed E-state index contributed by atoms with van der Waals surface area (Å²) in [7, 11) is 0. The molecular weight excluding hydrogens is 482 g/mol. The minimum Gasteiger partial charge on any atom is -0.485 e. The predicted molar refractivity (Wildman–Crippen MR) is 136 cm³/mol. The molecule has 200 valence electrons. The summed E-state index contributed by atoms with van der Waals surface area (Å²) in [6, 6.07) is 5.32. The number of benzene rings is 1. The van der Waals surface area contributed by atoms with Crippen molar-refractivity contribution in [3.8, 4) is 5.75 Å². The summed E-state index contributed by atoms with van der Waals surface area (Å²) in [5.41, 5.74) is 0.492. The minimum atomic E-state index is -0.702. The van der Waals surface area contributed by atoms with Crippen LogP contribution in [0.2, 0.25) is 0 Å². The molecule has 0 radical (unpaired) electrons. The number of carbonyl (C=O) groups excluding carboxylic acids is 2. The highest BCUT2D eigenvalue weighted by Gasteiger charge is 2.25. The number of halogens is 2. The van der Waals surface area contributed by atoms with E-state index in [-0.39, 0.29) is 24.6 Å². The zero-order valence-corrected chi connectivity index (χ0v) is 22.3. The number of aromatic nitrogens is 2. The van der Waals surface area contributed by atoms with Crippen molar-refractivity contribution in [2.24, 2.45) is 0 Å². The number of nitrogens with zero attached hydrogens (tertiary/aromatic N) is 2. The highest BCUT2D eigenvalue weighted by atomic mass is 19.1. The Bertz CT molecular complexity index is 1290. The number of alkyl carbamates (subject to hydrolysis) is 1. The van der Waals surface area contributed by atoms with Gasteiger partial charge in [-0.1, -0.05) is 6.07 Å². The Hall–Kier alpha value is -3.69. The fourth-order valence-corrected chi connectivity index (χ4v) is 3.77. The highest BCUT2D eigenvalue weighted by Crippen LogP contribution is 2.26. The summed E-state index contributed by atoms with van der Waals surface area (Å²) >= 11 is 0. The average Bonchev–Trinajstić information content (AvgIpc) is 3.06. The molecule has 3 aromatic rings. The summed E-state index contributed by atoms with van der Waals surface area (Å²) < 4.78 is 40.7. The molecule has 8 nitrogen and oxygen atoms in total. The van der Waals surface area contributed by atoms with Gasteiger partial charge in [0.15, 0.2) is 11.4 Å². The molecule has 2 aromatic heterocycles. The molecule has 0 unspecified atom stereocenters. The number of carbonyl (C=O) groups is 2. The van der Waals surface area contributed by atoms with E-state index in [2.05, 4.69) is 15.6 Å². The summed E-state index contributed by atoms with van der Waals surface area (Å²) in [6.45, 7) is 12.5. The number of pyridine rings is 1. The maximum absolute atomic E-state index is 14.0. The van der Waals surface area contributed by atoms with Gasteiger partial charge in [-0.15, -0.1) is 0 Å². The SMILES string of the molecule is Cc1cc(OCc2c(F)cccc2F)c2nc(C)c(C(=O)NCCC(C)(C)NC(=O)OC(C)(C)C)n2c1. The Morgan fingerprint density at radius 2 is 1.73 bits per heavy atom. The second kappa shape index (κ2) is 10.7. The van der Waals surface area contributed by atoms with Crippen LogP contribution in [0.1, 0.15) is 68.3 Å². The molecule has 0 bridgehead atoms. The summed E-state index contributed by atoms with van der Waals surface area (Å²) in [5, 5.41) is 5.69. The van der Waals surface area contributed by atoms with Crippen LogP contribution >= 0.6 is 0 Å². The number of rotatable bonds is 8. The Balaban J connectivity index is 1.73. The quantitative estimate of drug-likeness (QED) is 0.428. The number of hydrogen-bond donors (Lipinski definition) is 2. The lowest BCUT2D eigenvalue weighted by molar-refractivity contribution is 0.0468. The first-order chi connectivity index (χ1) is 17.2. The molecule has 0 fully saturated rings. The van der Waals surface area contributed by atoms with Crippen LogP contribution in [0.3, 0.4) is 0 Å². The number of aryl methyl sites for hydroxylation is 2. The zero-order valence-electron chi connectivity index (χ0n) is 22.3. The van der Waals surface area contributed by atoms with E-state index in [1.807, 2.05) is 20.8 Å². The molecule has 2 heterocycles. The maximum atomic E-state index is 14.0. The number of imidazole rings is 1. The van der Waals surface area contributed by atoms with Gasteiger partial charge in [-0.2, -0.15) is 0 Å². The van der Waals surface area contributed by atoms with E-state index < -0.39 is 28.9 Å². The molecule has 2 N–H and O–H groups in total. The second-order valence-corrected chi connectivity index (χ2v) is 10.6. The number of fused-ring (bicyclic) bond motifs is 1. The fraction of sp³-hybridized carbons (Fsp3) is 0.444. The highest BCUT2D eigenvalue weighted by molar-refractivity contribution is 5.95. The van der Waals surface area contributed by atoms with E-state index in [0.29, 0.717) is 29.2 Å². The first kappa shape index (κ1) is 27.9. The van der Waals surface area contributed by atoms with Gasteiger partial charge >= 0.3 is 6.09 Å². The topological polar surface area (TPSA) is 94.0 Å². The standard InChI is InChI=1S/C27H34F2N4O4/c1-16-13-21(36-15-18-19(28)9-8-10-20(18)29)23-31-17(2)22(33(23)14-16)24(34)30-12-11-27(6,7)32-25(35)37-26(3,4)5/h8-10,13-14H,11-12,15H2,1-7H3,(H,30,34)(H,32,35). The molecule has 0 aliphatic heterocycles. The van der Waals surface area contributed by atoms with Crippen molar-refractivity contribution in [3.63, 3.8) is 0 Å². The van der Waals surface area contributed by atoms with E-state index in [9.17, 15) is 18.4 Å². The van der Waals surface area contributed by atoms with Crippen LogP contribution in [0.4, 0.5) is 13.6 Å². The van der Waals surface area contributed by atoms with Gasteiger partial charge in [0.2, 0.25) is 0 Å². The van der Waals surface area contributed by atoms with Crippen molar-refractivity contribution in [2.75, 3.05) is 6.54 Å². The van der Waals surface area contributed by atoms with E-state index in [1.165, 1.54) is 18.2 Å². The summed E-state index contributed by atoms with van der Waals surface area (Å²) in [6.07, 6.45) is 1.67. The molecular formula is C27H34F2N4O4. The minimum absolute atomic E-state index is 0.189. The van der Waals surface area contributed by atoms with Crippen molar-refractivity contribution < 1.29 is 27.8 Å². The predicted octanol–water partition coefficient (Wildman–Crippen LogP) is 5.23. The van der Waals surface area contributed by atoms with Crippen LogP contribution in [-0.4, -0.2) is 39.1 Å². The lowest BCUT2D eigenvalue weighted by atomic mass is 10.0. The first-order valence-electron chi connectivity index (χ1n) is 12.0. The van der Waals surface area contributed by atoms with Gasteiger partial charge in [0.1, 0.15) is 29.5 Å². The van der Waals surface area contributed by atoms with Crippen molar-refractivity contribution >= 4 is 17.6 Å². The van der Waals surface area contributed by atoms with Gasteiger partial charge in [0.05, 0.1) is 11.3 Å². The van der Waals surface area contributed by atoms with Gasteiger partial charge in [0, 0.05) is 18.3 Å². The van der Waals surface area contributed by atoms with Crippen LogP contribution in [0.25, 0.3) is 5.65 Å². The smallest absolute Gasteiger partial charge is 0.408 e. The summed E-state index contributed by atoms with van der Waals surface area (Å²) in [5.74, 6) is -1.46. The van der Waals surface area contributed by atoms with E-state index >= 15 is 0 Å². The molecule has 1 aromatic carbocycles. The normalized spacial score (nSPS) is 11.9. The van der Waals surface area contributed by atoms with Gasteiger partial charge in [-0.05, 0) is 78.6 Å². The Kier molecular flexibility index (Phi) is 8.09. The Labute approximate surface area is 215 Å². The van der Waals surface area contributed by atoms with Crippen LogP contribution in [0.15, 0.2) is 30.5 Å². The van der Waals surface area contributed by atoms with Crippen molar-refractivity contribution in [2.45, 2.75) is 72.6 Å². The van der Waals surface area contributed by atoms with Crippen molar-refractivity contribution in [1.82, 2.24) is 20.0 Å². The van der Waals surface area contributed by atoms with Crippen LogP contribution in [0, 0.1) is 25.5 Å². The number of amides is 2. The molecule has 0 saturated heterocycles. The lowest BCUT2D eigenvalue weighted by Crippen LogP contribution is -2.47. The van der Waals surface area contributed by atoms with Gasteiger partial charge in [-0.3, -0.25) is 9.20 Å². The van der Waals surface area contributed by atoms with Gasteiger partial charge in [-0.25, -0.2) is 18.6 Å². The van der Waals surface area contributed by atoms with Crippen molar-refractivity contribution in [3.05, 3.63) is 64.6 Å². The number of hydrogen-bond acceptors (Lipinski definition) is 5. The third-order valence-corrected chi connectivity index (χ3v) is 5.52. The number of nitrogens with one attached hydrogen (secondary N) is 2. The Morgan fingerprint density at radius 1 is 1.08 bits per heavy atom. The zero-order chi connectivity index (χ0) is 27.5. The Morgan fingerprint density at radius 3 is 2.35 bits per heavy atom. The summed E-state index contributed by atoms with van der Waals surface area (Å²) in [4.78, 5) is 29.7. The molecule has 0 spiro atoms. The molecule has 0 atom stereocenters. The van der Waals surface area contributed by atoms with Crippen LogP contribution in [-0.2, 0) is 11.3 Å². The molecule has 0 saturated carbocycles. The maximum Gasteiger partial charge on any atom is 0.408 e. The van der Waals surface area contributed by atoms with Gasteiger partial charge in [0.25, 0.3) is 5.91 Å². The molecule has 10 heteroatoms. The van der Waals surface area contributed by atoms with Crippen LogP contribution < -0.4 is 15.4 Å². The molecule has 2 amide bonds. The third-order valence-electron chi connectivity index (χ3n) is 5.52. The molecule has 0 aliphatic rings. The van der Waals surface area contributed by atoms with Gasteiger partial charge < -0.3 is 20.1 Å². The fourth-order valence-electron chi connectivity index (χ4n) is 3.77. The molecule has 0 aliphatic carbocycles. The average molecular weight is 517 g/mol. The lowest BCUT2D eigenvalue weighted by Gasteiger charge is -2.28. The molecule has 37 heavy (non-hydrogen) atoms. The number of ether oxygens (including phenoxy) is 2. The van der Waals surface area contributed by atoms with Crippen LogP contribution in [0.5, 0.6) is 5.75 Å². The first-order valence-corrected chi connectivity index (χ1v) is 12.0. The van der Waals surface area contributed by atoms with E-state index in [1.54, 1.807) is 44.4 Å². The largest absolute Gasteiger partial charge is 0.485 e. The van der Waals surface area contributed by atoms with E-state index in [4.69, 9.17) is 9.47 Å². The third kappa shape index (κ3) is 7.18. The van der Waals surface area contributed by atoms with Crippen molar-refractivity contribution in [1.29, 1.82) is 0 Å². The molecule has 3 rings (SSSR count). The second-order valence-electron chi connectivity index (χ2n) is 10.6.